The van der Waals surface area contributed by atoms with Crippen molar-refractivity contribution in [1.29, 1.82) is 0 Å². The Bertz CT molecular complexity index is 1070. The van der Waals surface area contributed by atoms with Gasteiger partial charge in [0.1, 0.15) is 5.57 Å². The van der Waals surface area contributed by atoms with Crippen molar-refractivity contribution in [1.82, 2.24) is 5.32 Å². The zero-order valence-electron chi connectivity index (χ0n) is 15.1. The van der Waals surface area contributed by atoms with Crippen LogP contribution in [-0.4, -0.2) is 31.1 Å². The molecule has 0 spiro atoms. The van der Waals surface area contributed by atoms with Gasteiger partial charge in [-0.1, -0.05) is 29.3 Å². The van der Waals surface area contributed by atoms with Crippen LogP contribution in [0.4, 0.5) is 5.69 Å². The van der Waals surface area contributed by atoms with E-state index in [9.17, 15) is 9.59 Å². The van der Waals surface area contributed by atoms with Gasteiger partial charge in [-0.05, 0) is 65.2 Å². The van der Waals surface area contributed by atoms with Crippen molar-refractivity contribution in [2.45, 2.75) is 0 Å². The molecule has 2 amide bonds. The first-order valence-corrected chi connectivity index (χ1v) is 10.3. The number of hydrogen-bond acceptors (Lipinski definition) is 5. The van der Waals surface area contributed by atoms with Gasteiger partial charge >= 0.3 is 0 Å². The standard InChI is InChI=1S/C19H13Cl2IN2O4S/c1-27-14-8-10(22)6-9(16(14)28-2)7-11-17(25)23-19(29)24(18(11)26)13-5-3-4-12(20)15(13)21/h3-8H,1-2H3,(H,23,25,29)/b11-7+. The Kier molecular flexibility index (Phi) is 6.67. The summed E-state index contributed by atoms with van der Waals surface area (Å²) in [7, 11) is 2.98. The molecule has 10 heteroatoms. The summed E-state index contributed by atoms with van der Waals surface area (Å²) in [5.41, 5.74) is 0.629. The van der Waals surface area contributed by atoms with Crippen molar-refractivity contribution in [2.75, 3.05) is 19.1 Å². The lowest BCUT2D eigenvalue weighted by Gasteiger charge is -2.29. The highest BCUT2D eigenvalue weighted by atomic mass is 127. The van der Waals surface area contributed by atoms with Gasteiger partial charge in [-0.25, -0.2) is 0 Å². The fraction of sp³-hybridized carbons (Fsp3) is 0.105. The van der Waals surface area contributed by atoms with Crippen molar-refractivity contribution >= 4 is 86.7 Å². The van der Waals surface area contributed by atoms with Crippen LogP contribution in [0.1, 0.15) is 5.56 Å². The van der Waals surface area contributed by atoms with Crippen LogP contribution in [0, 0.1) is 3.57 Å². The maximum Gasteiger partial charge on any atom is 0.270 e. The molecule has 0 saturated carbocycles. The molecule has 2 aromatic rings. The zero-order valence-corrected chi connectivity index (χ0v) is 19.6. The predicted molar refractivity (Wildman–Crippen MR) is 125 cm³/mol. The van der Waals surface area contributed by atoms with Crippen LogP contribution in [0.25, 0.3) is 6.08 Å². The highest BCUT2D eigenvalue weighted by molar-refractivity contribution is 14.1. The van der Waals surface area contributed by atoms with E-state index in [0.717, 1.165) is 8.47 Å². The average molecular weight is 563 g/mol. The Labute approximate surface area is 195 Å². The minimum Gasteiger partial charge on any atom is -0.493 e. The van der Waals surface area contributed by atoms with Crippen LogP contribution in [0.5, 0.6) is 11.5 Å². The normalized spacial score (nSPS) is 15.6. The van der Waals surface area contributed by atoms with Gasteiger partial charge in [0.15, 0.2) is 16.6 Å². The Morgan fingerprint density at radius 2 is 1.90 bits per heavy atom. The fourth-order valence-corrected chi connectivity index (χ4v) is 4.04. The van der Waals surface area contributed by atoms with E-state index in [-0.39, 0.29) is 26.4 Å². The molecule has 1 fully saturated rings. The van der Waals surface area contributed by atoms with E-state index in [4.69, 9.17) is 44.9 Å². The first kappa shape index (κ1) is 21.8. The van der Waals surface area contributed by atoms with Crippen molar-refractivity contribution in [2.24, 2.45) is 0 Å². The van der Waals surface area contributed by atoms with E-state index < -0.39 is 11.8 Å². The number of carbonyl (C=O) groups excluding carboxylic acids is 2. The van der Waals surface area contributed by atoms with E-state index in [1.165, 1.54) is 20.3 Å². The first-order valence-electron chi connectivity index (χ1n) is 8.05. The number of nitrogens with one attached hydrogen (secondary N) is 1. The van der Waals surface area contributed by atoms with Crippen LogP contribution >= 0.6 is 58.0 Å². The summed E-state index contributed by atoms with van der Waals surface area (Å²) < 4.78 is 11.6. The summed E-state index contributed by atoms with van der Waals surface area (Å²) in [6.45, 7) is 0. The number of halogens is 3. The summed E-state index contributed by atoms with van der Waals surface area (Å²) in [5.74, 6) is -0.404. The van der Waals surface area contributed by atoms with Gasteiger partial charge in [0, 0.05) is 9.13 Å². The van der Waals surface area contributed by atoms with Crippen molar-refractivity contribution < 1.29 is 19.1 Å². The maximum atomic E-state index is 13.2. The third-order valence-electron chi connectivity index (χ3n) is 4.05. The highest BCUT2D eigenvalue weighted by Gasteiger charge is 2.36. The number of carbonyl (C=O) groups is 2. The van der Waals surface area contributed by atoms with E-state index in [0.29, 0.717) is 17.1 Å². The monoisotopic (exact) mass is 562 g/mol. The molecule has 0 aliphatic carbocycles. The highest BCUT2D eigenvalue weighted by Crippen LogP contribution is 2.37. The summed E-state index contributed by atoms with van der Waals surface area (Å²) in [5, 5.41) is 2.82. The number of hydrogen-bond donors (Lipinski definition) is 1. The number of methoxy groups -OCH3 is 2. The number of anilines is 1. The summed E-state index contributed by atoms with van der Waals surface area (Å²) in [6.07, 6.45) is 1.43. The number of ether oxygens (including phenoxy) is 2. The van der Waals surface area contributed by atoms with Gasteiger partial charge in [0.25, 0.3) is 11.8 Å². The molecule has 2 aromatic carbocycles. The Morgan fingerprint density at radius 1 is 1.17 bits per heavy atom. The largest absolute Gasteiger partial charge is 0.493 e. The van der Waals surface area contributed by atoms with Gasteiger partial charge in [-0.15, -0.1) is 0 Å². The maximum absolute atomic E-state index is 13.2. The van der Waals surface area contributed by atoms with Crippen molar-refractivity contribution in [3.63, 3.8) is 0 Å². The minimum atomic E-state index is -0.636. The molecule has 0 aromatic heterocycles. The lowest BCUT2D eigenvalue weighted by atomic mass is 10.1. The minimum absolute atomic E-state index is 0.0893. The number of amides is 2. The second kappa shape index (κ2) is 8.86. The summed E-state index contributed by atoms with van der Waals surface area (Å²) in [4.78, 5) is 26.9. The molecule has 3 rings (SSSR count). The second-order valence-corrected chi connectivity index (χ2v) is 8.18. The molecular formula is C19H13Cl2IN2O4S. The van der Waals surface area contributed by atoms with Gasteiger partial charge in [0.2, 0.25) is 0 Å². The molecule has 150 valence electrons. The van der Waals surface area contributed by atoms with Crippen LogP contribution in [0.3, 0.4) is 0 Å². The lowest BCUT2D eigenvalue weighted by molar-refractivity contribution is -0.122. The SMILES string of the molecule is COc1cc(I)cc(/C=C2\C(=O)NC(=S)N(c3cccc(Cl)c3Cl)C2=O)c1OC. The first-order chi connectivity index (χ1) is 13.8. The fourth-order valence-electron chi connectivity index (χ4n) is 2.76. The molecule has 1 aliphatic rings. The molecule has 1 aliphatic heterocycles. The van der Waals surface area contributed by atoms with Crippen LogP contribution in [0.15, 0.2) is 35.9 Å². The molecule has 0 bridgehead atoms. The van der Waals surface area contributed by atoms with E-state index >= 15 is 0 Å². The molecule has 0 atom stereocenters. The van der Waals surface area contributed by atoms with Crippen LogP contribution in [0.2, 0.25) is 10.0 Å². The molecule has 1 saturated heterocycles. The van der Waals surface area contributed by atoms with E-state index in [1.807, 2.05) is 0 Å². The molecule has 0 unspecified atom stereocenters. The second-order valence-electron chi connectivity index (χ2n) is 5.76. The molecule has 1 heterocycles. The molecule has 6 nitrogen and oxygen atoms in total. The molecule has 1 N–H and O–H groups in total. The number of nitrogens with zero attached hydrogens (tertiary/aromatic N) is 1. The number of thiocarbonyl (C=S) groups is 1. The van der Waals surface area contributed by atoms with Gasteiger partial charge in [-0.3, -0.25) is 19.8 Å². The van der Waals surface area contributed by atoms with E-state index in [2.05, 4.69) is 27.9 Å². The zero-order chi connectivity index (χ0) is 21.3. The third kappa shape index (κ3) is 4.20. The summed E-state index contributed by atoms with van der Waals surface area (Å²) >= 11 is 19.6. The predicted octanol–water partition coefficient (Wildman–Crippen LogP) is 4.45. The van der Waals surface area contributed by atoms with Crippen LogP contribution < -0.4 is 19.7 Å². The molecular weight excluding hydrogens is 550 g/mol. The number of rotatable bonds is 4. The third-order valence-corrected chi connectivity index (χ3v) is 5.76. The quantitative estimate of drug-likeness (QED) is 0.258. The topological polar surface area (TPSA) is 67.9 Å². The summed E-state index contributed by atoms with van der Waals surface area (Å²) in [6, 6.07) is 8.34. The van der Waals surface area contributed by atoms with Crippen molar-refractivity contribution in [3.05, 3.63) is 55.1 Å². The van der Waals surface area contributed by atoms with Gasteiger partial charge in [0.05, 0.1) is 30.0 Å². The Hall–Kier alpha value is -1.88. The Balaban J connectivity index is 2.14. The van der Waals surface area contributed by atoms with Crippen molar-refractivity contribution in [3.8, 4) is 11.5 Å². The average Bonchev–Trinajstić information content (AvgIpc) is 2.67. The molecule has 0 radical (unpaired) electrons. The van der Waals surface area contributed by atoms with Crippen LogP contribution in [-0.2, 0) is 9.59 Å². The Morgan fingerprint density at radius 3 is 2.55 bits per heavy atom. The van der Waals surface area contributed by atoms with E-state index in [1.54, 1.807) is 30.3 Å². The number of benzene rings is 2. The van der Waals surface area contributed by atoms with Gasteiger partial charge < -0.3 is 9.47 Å². The van der Waals surface area contributed by atoms with Gasteiger partial charge in [-0.2, -0.15) is 0 Å². The lowest BCUT2D eigenvalue weighted by Crippen LogP contribution is -2.54. The smallest absolute Gasteiger partial charge is 0.270 e. The molecule has 29 heavy (non-hydrogen) atoms.